The lowest BCUT2D eigenvalue weighted by molar-refractivity contribution is -0.123. The third kappa shape index (κ3) is 3.77. The average molecular weight is 331 g/mol. The number of methoxy groups -OCH3 is 1. The smallest absolute Gasteiger partial charge is 0.223 e. The molecule has 1 amide bonds. The Labute approximate surface area is 140 Å². The Hall–Kier alpha value is -0.320. The molecule has 0 radical (unpaired) electrons. The molecule has 1 aliphatic heterocycles. The van der Waals surface area contributed by atoms with Crippen molar-refractivity contribution in [3.8, 4) is 0 Å². The maximum Gasteiger partial charge on any atom is 0.223 e. The number of nitrogens with one attached hydrogen (secondary N) is 2. The Kier molecular flexibility index (Phi) is 6.14. The molecule has 0 aromatic carbocycles. The summed E-state index contributed by atoms with van der Waals surface area (Å²) in [6.07, 6.45) is 9.67. The Balaban J connectivity index is 0.00000176. The second-order valence-corrected chi connectivity index (χ2v) is 7.54. The van der Waals surface area contributed by atoms with Gasteiger partial charge < -0.3 is 15.4 Å². The fraction of sp³-hybridized carbons (Fsp3) is 0.941. The van der Waals surface area contributed by atoms with Crippen LogP contribution in [-0.4, -0.2) is 39.3 Å². The molecule has 1 saturated heterocycles. The van der Waals surface area contributed by atoms with E-state index in [1.54, 1.807) is 7.11 Å². The number of halogens is 1. The first-order chi connectivity index (χ1) is 10.2. The first kappa shape index (κ1) is 18.0. The molecule has 2 saturated carbocycles. The lowest BCUT2D eigenvalue weighted by Gasteiger charge is -2.29. The van der Waals surface area contributed by atoms with Crippen LogP contribution >= 0.6 is 12.4 Å². The molecule has 128 valence electrons. The van der Waals surface area contributed by atoms with E-state index in [0.717, 1.165) is 39.1 Å². The van der Waals surface area contributed by atoms with Gasteiger partial charge in [-0.15, -0.1) is 12.4 Å². The topological polar surface area (TPSA) is 50.4 Å². The van der Waals surface area contributed by atoms with Crippen molar-refractivity contribution in [2.45, 2.75) is 51.4 Å². The van der Waals surface area contributed by atoms with Crippen LogP contribution in [0.25, 0.3) is 0 Å². The predicted octanol–water partition coefficient (Wildman–Crippen LogP) is 2.51. The van der Waals surface area contributed by atoms with Gasteiger partial charge in [-0.05, 0) is 62.4 Å². The van der Waals surface area contributed by atoms with Crippen LogP contribution in [-0.2, 0) is 9.53 Å². The number of carbonyl (C=O) groups excluding carboxylic acids is 1. The summed E-state index contributed by atoms with van der Waals surface area (Å²) in [6.45, 7) is 3.85. The van der Waals surface area contributed by atoms with E-state index in [0.29, 0.717) is 22.7 Å². The van der Waals surface area contributed by atoms with Crippen molar-refractivity contribution in [1.29, 1.82) is 0 Å². The van der Waals surface area contributed by atoms with Gasteiger partial charge in [0, 0.05) is 26.2 Å². The van der Waals surface area contributed by atoms with E-state index in [2.05, 4.69) is 10.6 Å². The number of ether oxygens (including phenoxy) is 1. The maximum absolute atomic E-state index is 12.5. The summed E-state index contributed by atoms with van der Waals surface area (Å²) >= 11 is 0. The zero-order valence-corrected chi connectivity index (χ0v) is 14.6. The van der Waals surface area contributed by atoms with Gasteiger partial charge in [0.15, 0.2) is 0 Å². The first-order valence-corrected chi connectivity index (χ1v) is 8.67. The zero-order valence-electron chi connectivity index (χ0n) is 13.8. The molecule has 1 unspecified atom stereocenters. The molecule has 3 aliphatic rings. The van der Waals surface area contributed by atoms with Crippen molar-refractivity contribution in [3.63, 3.8) is 0 Å². The summed E-state index contributed by atoms with van der Waals surface area (Å²) in [5, 5.41) is 6.69. The molecule has 0 aromatic heterocycles. The molecule has 3 rings (SSSR count). The van der Waals surface area contributed by atoms with Gasteiger partial charge in [-0.25, -0.2) is 0 Å². The number of amides is 1. The number of rotatable bonds is 6. The highest BCUT2D eigenvalue weighted by Crippen LogP contribution is 2.58. The van der Waals surface area contributed by atoms with Crippen molar-refractivity contribution in [2.75, 3.05) is 33.4 Å². The van der Waals surface area contributed by atoms with Crippen LogP contribution in [0.15, 0.2) is 0 Å². The molecule has 22 heavy (non-hydrogen) atoms. The third-order valence-corrected chi connectivity index (χ3v) is 6.24. The minimum Gasteiger partial charge on any atom is -0.385 e. The Bertz CT molecular complexity index is 377. The first-order valence-electron chi connectivity index (χ1n) is 8.67. The molecule has 1 spiro atoms. The molecule has 2 aliphatic carbocycles. The second-order valence-electron chi connectivity index (χ2n) is 7.54. The van der Waals surface area contributed by atoms with Gasteiger partial charge in [-0.3, -0.25) is 4.79 Å². The van der Waals surface area contributed by atoms with Crippen LogP contribution in [0.3, 0.4) is 0 Å². The number of carbonyl (C=O) groups is 1. The van der Waals surface area contributed by atoms with E-state index >= 15 is 0 Å². The van der Waals surface area contributed by atoms with E-state index < -0.39 is 0 Å². The van der Waals surface area contributed by atoms with Crippen molar-refractivity contribution >= 4 is 18.3 Å². The second kappa shape index (κ2) is 7.50. The molecular formula is C17H31ClN2O2. The highest BCUT2D eigenvalue weighted by Gasteiger charge is 2.57. The Morgan fingerprint density at radius 2 is 1.91 bits per heavy atom. The van der Waals surface area contributed by atoms with Crippen LogP contribution in [0, 0.1) is 16.7 Å². The monoisotopic (exact) mass is 330 g/mol. The van der Waals surface area contributed by atoms with Gasteiger partial charge in [0.1, 0.15) is 0 Å². The molecule has 5 heteroatoms. The van der Waals surface area contributed by atoms with Crippen molar-refractivity contribution in [2.24, 2.45) is 16.7 Å². The summed E-state index contributed by atoms with van der Waals surface area (Å²) in [5.41, 5.74) is 0.659. The van der Waals surface area contributed by atoms with Gasteiger partial charge in [-0.1, -0.05) is 12.8 Å². The van der Waals surface area contributed by atoms with E-state index in [-0.39, 0.29) is 12.4 Å². The van der Waals surface area contributed by atoms with Gasteiger partial charge in [0.25, 0.3) is 0 Å². The summed E-state index contributed by atoms with van der Waals surface area (Å²) in [6, 6.07) is 0. The van der Waals surface area contributed by atoms with Crippen LogP contribution < -0.4 is 10.6 Å². The van der Waals surface area contributed by atoms with Crippen molar-refractivity contribution < 1.29 is 9.53 Å². The molecule has 0 bridgehead atoms. The summed E-state index contributed by atoms with van der Waals surface area (Å²) in [4.78, 5) is 12.5. The molecule has 4 nitrogen and oxygen atoms in total. The minimum atomic E-state index is 0. The number of hydrogen-bond donors (Lipinski definition) is 2. The summed E-state index contributed by atoms with van der Waals surface area (Å²) in [5.74, 6) is 0.612. The maximum atomic E-state index is 12.5. The van der Waals surface area contributed by atoms with Gasteiger partial charge in [-0.2, -0.15) is 0 Å². The zero-order chi connectivity index (χ0) is 14.8. The lowest BCUT2D eigenvalue weighted by atomic mass is 9.82. The molecule has 1 heterocycles. The average Bonchev–Trinajstić information content (AvgIpc) is 2.99. The Morgan fingerprint density at radius 3 is 2.55 bits per heavy atom. The van der Waals surface area contributed by atoms with Crippen molar-refractivity contribution in [3.05, 3.63) is 0 Å². The molecule has 3 fully saturated rings. The molecule has 1 atom stereocenters. The highest BCUT2D eigenvalue weighted by atomic mass is 35.5. The normalized spacial score (nSPS) is 28.1. The van der Waals surface area contributed by atoms with Crippen LogP contribution in [0.5, 0.6) is 0 Å². The van der Waals surface area contributed by atoms with E-state index in [9.17, 15) is 4.79 Å². The van der Waals surface area contributed by atoms with Gasteiger partial charge >= 0.3 is 0 Å². The van der Waals surface area contributed by atoms with Crippen molar-refractivity contribution in [1.82, 2.24) is 10.6 Å². The molecule has 2 N–H and O–H groups in total. The van der Waals surface area contributed by atoms with Gasteiger partial charge in [0.2, 0.25) is 5.91 Å². The lowest BCUT2D eigenvalue weighted by Crippen LogP contribution is -2.39. The number of piperidine rings is 1. The fourth-order valence-electron chi connectivity index (χ4n) is 4.55. The molecular weight excluding hydrogens is 300 g/mol. The molecule has 0 aromatic rings. The largest absolute Gasteiger partial charge is 0.385 e. The van der Waals surface area contributed by atoms with E-state index in [4.69, 9.17) is 4.74 Å². The van der Waals surface area contributed by atoms with Crippen LogP contribution in [0.2, 0.25) is 0 Å². The SMILES string of the molecule is COCCC1(CNC(=O)C2CC23CCNCC3)CCCC1.Cl. The van der Waals surface area contributed by atoms with Crippen LogP contribution in [0.1, 0.15) is 51.4 Å². The Morgan fingerprint density at radius 1 is 1.23 bits per heavy atom. The minimum absolute atomic E-state index is 0. The van der Waals surface area contributed by atoms with Gasteiger partial charge in [0.05, 0.1) is 0 Å². The van der Waals surface area contributed by atoms with Crippen LogP contribution in [0.4, 0.5) is 0 Å². The highest BCUT2D eigenvalue weighted by molar-refractivity contribution is 5.85. The standard InChI is InChI=1S/C17H30N2O2.ClH/c1-21-11-8-16(4-2-3-5-16)13-19-15(20)14-12-17(14)6-9-18-10-7-17;/h14,18H,2-13H2,1H3,(H,19,20);1H. The fourth-order valence-corrected chi connectivity index (χ4v) is 4.55. The third-order valence-electron chi connectivity index (χ3n) is 6.24. The number of hydrogen-bond acceptors (Lipinski definition) is 3. The van der Waals surface area contributed by atoms with E-state index in [1.807, 2.05) is 0 Å². The summed E-state index contributed by atoms with van der Waals surface area (Å²) in [7, 11) is 1.77. The quantitative estimate of drug-likeness (QED) is 0.786. The van der Waals surface area contributed by atoms with E-state index in [1.165, 1.54) is 38.5 Å². The summed E-state index contributed by atoms with van der Waals surface area (Å²) < 4.78 is 5.27. The predicted molar refractivity (Wildman–Crippen MR) is 90.3 cm³/mol.